The predicted octanol–water partition coefficient (Wildman–Crippen LogP) is 2.81. The van der Waals surface area contributed by atoms with Gasteiger partial charge in [0.1, 0.15) is 5.82 Å². The van der Waals surface area contributed by atoms with E-state index in [1.165, 1.54) is 23.5 Å². The van der Waals surface area contributed by atoms with Gasteiger partial charge < -0.3 is 11.1 Å². The topological polar surface area (TPSA) is 68.0 Å². The van der Waals surface area contributed by atoms with E-state index in [2.05, 4.69) is 26.2 Å². The molecule has 0 spiro atoms. The second-order valence-electron chi connectivity index (χ2n) is 3.53. The van der Waals surface area contributed by atoms with Gasteiger partial charge in [0, 0.05) is 9.85 Å². The van der Waals surface area contributed by atoms with Crippen LogP contribution in [0, 0.1) is 5.82 Å². The second kappa shape index (κ2) is 5.45. The molecule has 1 heterocycles. The number of rotatable bonds is 3. The van der Waals surface area contributed by atoms with Gasteiger partial charge in [0.25, 0.3) is 0 Å². The molecule has 2 rings (SSSR count). The summed E-state index contributed by atoms with van der Waals surface area (Å²) in [5, 5.41) is 4.60. The van der Waals surface area contributed by atoms with Crippen molar-refractivity contribution in [2.45, 2.75) is 6.42 Å². The van der Waals surface area contributed by atoms with Gasteiger partial charge in [0.15, 0.2) is 5.13 Å². The average Bonchev–Trinajstić information content (AvgIpc) is 2.69. The quantitative estimate of drug-likeness (QED) is 0.909. The zero-order valence-corrected chi connectivity index (χ0v) is 11.5. The van der Waals surface area contributed by atoms with E-state index in [1.807, 2.05) is 0 Å². The molecule has 94 valence electrons. The van der Waals surface area contributed by atoms with Gasteiger partial charge >= 0.3 is 0 Å². The van der Waals surface area contributed by atoms with Crippen LogP contribution in [0.5, 0.6) is 0 Å². The monoisotopic (exact) mass is 329 g/mol. The summed E-state index contributed by atoms with van der Waals surface area (Å²) in [6.07, 6.45) is 0.0691. The number of halogens is 2. The number of nitrogens with two attached hydrogens (primary N) is 1. The molecule has 1 amide bonds. The van der Waals surface area contributed by atoms with E-state index >= 15 is 0 Å². The highest BCUT2D eigenvalue weighted by molar-refractivity contribution is 9.10. The number of carbonyl (C=O) groups is 1. The zero-order chi connectivity index (χ0) is 13.1. The lowest BCUT2D eigenvalue weighted by molar-refractivity contribution is -0.115. The molecular formula is C11H9BrFN3OS. The fourth-order valence-electron chi connectivity index (χ4n) is 1.36. The molecule has 0 bridgehead atoms. The van der Waals surface area contributed by atoms with E-state index in [9.17, 15) is 9.18 Å². The molecule has 0 radical (unpaired) electrons. The molecule has 0 saturated heterocycles. The standard InChI is InChI=1S/C11H9BrFN3OS/c12-6-1-2-8(13)9(3-6)16-10(17)4-7-5-18-11(14)15-7/h1-3,5H,4H2,(H2,14,15)(H,16,17). The molecule has 7 heteroatoms. The normalized spacial score (nSPS) is 10.3. The first-order chi connectivity index (χ1) is 8.54. The Labute approximate surface area is 115 Å². The van der Waals surface area contributed by atoms with Gasteiger partial charge in [-0.05, 0) is 18.2 Å². The molecule has 2 aromatic rings. The molecule has 0 unspecified atom stereocenters. The van der Waals surface area contributed by atoms with Crippen LogP contribution in [0.15, 0.2) is 28.1 Å². The van der Waals surface area contributed by atoms with Gasteiger partial charge in [-0.25, -0.2) is 9.37 Å². The summed E-state index contributed by atoms with van der Waals surface area (Å²) in [6, 6.07) is 4.34. The second-order valence-corrected chi connectivity index (χ2v) is 5.33. The Morgan fingerprint density at radius 3 is 3.00 bits per heavy atom. The number of carbonyl (C=O) groups excluding carboxylic acids is 1. The molecule has 0 aliphatic heterocycles. The number of aromatic nitrogens is 1. The van der Waals surface area contributed by atoms with E-state index in [4.69, 9.17) is 5.73 Å². The third-order valence-electron chi connectivity index (χ3n) is 2.11. The maximum Gasteiger partial charge on any atom is 0.230 e. The van der Waals surface area contributed by atoms with Crippen molar-refractivity contribution in [2.75, 3.05) is 11.1 Å². The highest BCUT2D eigenvalue weighted by Crippen LogP contribution is 2.20. The fourth-order valence-corrected chi connectivity index (χ4v) is 2.28. The van der Waals surface area contributed by atoms with Gasteiger partial charge in [-0.2, -0.15) is 0 Å². The fraction of sp³-hybridized carbons (Fsp3) is 0.0909. The number of hydrogen-bond acceptors (Lipinski definition) is 4. The van der Waals surface area contributed by atoms with Crippen LogP contribution in [-0.2, 0) is 11.2 Å². The Balaban J connectivity index is 2.05. The minimum atomic E-state index is -0.482. The molecule has 1 aromatic heterocycles. The van der Waals surface area contributed by atoms with Gasteiger partial charge in [-0.1, -0.05) is 15.9 Å². The van der Waals surface area contributed by atoms with Crippen molar-refractivity contribution in [3.8, 4) is 0 Å². The van der Waals surface area contributed by atoms with Crippen LogP contribution in [0.4, 0.5) is 15.2 Å². The Kier molecular flexibility index (Phi) is 3.93. The number of anilines is 2. The maximum absolute atomic E-state index is 13.4. The Hall–Kier alpha value is -1.47. The number of thiazole rings is 1. The lowest BCUT2D eigenvalue weighted by atomic mass is 10.2. The van der Waals surface area contributed by atoms with Crippen molar-refractivity contribution < 1.29 is 9.18 Å². The van der Waals surface area contributed by atoms with Crippen LogP contribution in [0.3, 0.4) is 0 Å². The van der Waals surface area contributed by atoms with Crippen molar-refractivity contribution >= 4 is 44.0 Å². The zero-order valence-electron chi connectivity index (χ0n) is 9.11. The van der Waals surface area contributed by atoms with E-state index in [-0.39, 0.29) is 18.0 Å². The highest BCUT2D eigenvalue weighted by atomic mass is 79.9. The van der Waals surface area contributed by atoms with Crippen molar-refractivity contribution in [3.05, 3.63) is 39.6 Å². The average molecular weight is 330 g/mol. The van der Waals surface area contributed by atoms with Crippen molar-refractivity contribution in [1.82, 2.24) is 4.98 Å². The lowest BCUT2D eigenvalue weighted by Gasteiger charge is -2.05. The number of amides is 1. The first-order valence-electron chi connectivity index (χ1n) is 4.99. The summed E-state index contributed by atoms with van der Waals surface area (Å²) in [5.74, 6) is -0.818. The summed E-state index contributed by atoms with van der Waals surface area (Å²) >= 11 is 4.47. The summed E-state index contributed by atoms with van der Waals surface area (Å²) < 4.78 is 14.1. The summed E-state index contributed by atoms with van der Waals surface area (Å²) in [4.78, 5) is 15.7. The first-order valence-corrected chi connectivity index (χ1v) is 6.66. The van der Waals surface area contributed by atoms with E-state index in [1.54, 1.807) is 11.4 Å². The van der Waals surface area contributed by atoms with Crippen LogP contribution in [0.2, 0.25) is 0 Å². The molecule has 1 aromatic carbocycles. The summed E-state index contributed by atoms with van der Waals surface area (Å²) in [7, 11) is 0. The molecule has 0 atom stereocenters. The minimum absolute atomic E-state index is 0.0691. The van der Waals surface area contributed by atoms with E-state index in [0.29, 0.717) is 15.3 Å². The third-order valence-corrected chi connectivity index (χ3v) is 3.33. The number of nitrogens with zero attached hydrogens (tertiary/aromatic N) is 1. The molecule has 4 nitrogen and oxygen atoms in total. The molecule has 18 heavy (non-hydrogen) atoms. The van der Waals surface area contributed by atoms with Crippen LogP contribution in [0.25, 0.3) is 0 Å². The molecular weight excluding hydrogens is 321 g/mol. The Bertz CT molecular complexity index is 587. The van der Waals surface area contributed by atoms with Crippen LogP contribution < -0.4 is 11.1 Å². The van der Waals surface area contributed by atoms with Gasteiger partial charge in [0.2, 0.25) is 5.91 Å². The number of nitrogen functional groups attached to an aromatic ring is 1. The number of benzene rings is 1. The van der Waals surface area contributed by atoms with Gasteiger partial charge in [0.05, 0.1) is 17.8 Å². The maximum atomic E-state index is 13.4. The largest absolute Gasteiger partial charge is 0.375 e. The smallest absolute Gasteiger partial charge is 0.230 e. The van der Waals surface area contributed by atoms with Crippen LogP contribution >= 0.6 is 27.3 Å². The molecule has 3 N–H and O–H groups in total. The van der Waals surface area contributed by atoms with Crippen molar-refractivity contribution in [1.29, 1.82) is 0 Å². The molecule has 0 fully saturated rings. The third kappa shape index (κ3) is 3.27. The molecule has 0 aliphatic carbocycles. The van der Waals surface area contributed by atoms with Crippen LogP contribution in [-0.4, -0.2) is 10.9 Å². The predicted molar refractivity (Wildman–Crippen MR) is 73.0 cm³/mol. The lowest BCUT2D eigenvalue weighted by Crippen LogP contribution is -2.15. The van der Waals surface area contributed by atoms with Gasteiger partial charge in [-0.15, -0.1) is 11.3 Å². The Morgan fingerprint density at radius 2 is 2.33 bits per heavy atom. The first kappa shape index (κ1) is 13.0. The van der Waals surface area contributed by atoms with Gasteiger partial charge in [-0.3, -0.25) is 4.79 Å². The minimum Gasteiger partial charge on any atom is -0.375 e. The summed E-state index contributed by atoms with van der Waals surface area (Å²) in [5.41, 5.74) is 6.17. The molecule has 0 aliphatic rings. The molecule has 0 saturated carbocycles. The van der Waals surface area contributed by atoms with Crippen LogP contribution in [0.1, 0.15) is 5.69 Å². The SMILES string of the molecule is Nc1nc(CC(=O)Nc2cc(Br)ccc2F)cs1. The number of hydrogen-bond donors (Lipinski definition) is 2. The highest BCUT2D eigenvalue weighted by Gasteiger charge is 2.10. The Morgan fingerprint density at radius 1 is 1.56 bits per heavy atom. The summed E-state index contributed by atoms with van der Waals surface area (Å²) in [6.45, 7) is 0. The van der Waals surface area contributed by atoms with Crippen molar-refractivity contribution in [2.24, 2.45) is 0 Å². The van der Waals surface area contributed by atoms with Crippen molar-refractivity contribution in [3.63, 3.8) is 0 Å². The van der Waals surface area contributed by atoms with E-state index in [0.717, 1.165) is 0 Å². The number of nitrogens with one attached hydrogen (secondary N) is 1. The van der Waals surface area contributed by atoms with E-state index < -0.39 is 5.82 Å².